The molecular formula is C18H24N4O2S. The number of thiazole rings is 1. The summed E-state index contributed by atoms with van der Waals surface area (Å²) in [6.07, 6.45) is 1.72. The Kier molecular flexibility index (Phi) is 7.40. The molecule has 0 radical (unpaired) electrons. The third kappa shape index (κ3) is 6.19. The van der Waals surface area contributed by atoms with E-state index in [0.29, 0.717) is 5.56 Å². The summed E-state index contributed by atoms with van der Waals surface area (Å²) in [4.78, 5) is 20.1. The van der Waals surface area contributed by atoms with Gasteiger partial charge in [0.05, 0.1) is 23.4 Å². The monoisotopic (exact) mass is 360 g/mol. The highest BCUT2D eigenvalue weighted by atomic mass is 32.1. The standard InChI is InChI=1S/C18H24N4O2S/c1-13-22-16(12-25-13)9-11-21-18(19-2)20-10-8-14-4-6-15(7-5-14)17(23)24-3/h4-7,12H,8-11H2,1-3H3,(H2,19,20,21). The Hall–Kier alpha value is -2.41. The number of ether oxygens (including phenoxy) is 1. The van der Waals surface area contributed by atoms with Crippen LogP contribution in [0.3, 0.4) is 0 Å². The predicted octanol–water partition coefficient (Wildman–Crippen LogP) is 2.19. The van der Waals surface area contributed by atoms with Crippen molar-refractivity contribution in [3.8, 4) is 0 Å². The van der Waals surface area contributed by atoms with Gasteiger partial charge in [-0.1, -0.05) is 12.1 Å². The lowest BCUT2D eigenvalue weighted by Crippen LogP contribution is -2.39. The molecule has 0 unspecified atom stereocenters. The molecule has 2 rings (SSSR count). The lowest BCUT2D eigenvalue weighted by Gasteiger charge is -2.11. The molecule has 2 aromatic rings. The molecule has 0 spiro atoms. The smallest absolute Gasteiger partial charge is 0.337 e. The van der Waals surface area contributed by atoms with Crippen molar-refractivity contribution in [1.82, 2.24) is 15.6 Å². The maximum atomic E-state index is 11.4. The summed E-state index contributed by atoms with van der Waals surface area (Å²) in [5, 5.41) is 9.76. The number of aliphatic imine (C=N–C) groups is 1. The molecule has 0 saturated carbocycles. The Labute approximate surface area is 152 Å². The highest BCUT2D eigenvalue weighted by Gasteiger charge is 2.04. The Morgan fingerprint density at radius 3 is 2.44 bits per heavy atom. The summed E-state index contributed by atoms with van der Waals surface area (Å²) >= 11 is 1.67. The number of nitrogens with zero attached hydrogens (tertiary/aromatic N) is 2. The van der Waals surface area contributed by atoms with Gasteiger partial charge in [-0.15, -0.1) is 11.3 Å². The second kappa shape index (κ2) is 9.78. The second-order valence-corrected chi connectivity index (χ2v) is 6.53. The predicted molar refractivity (Wildman–Crippen MR) is 101 cm³/mol. The van der Waals surface area contributed by atoms with E-state index in [0.717, 1.165) is 48.2 Å². The zero-order valence-corrected chi connectivity index (χ0v) is 15.7. The molecule has 25 heavy (non-hydrogen) atoms. The van der Waals surface area contributed by atoms with Crippen LogP contribution >= 0.6 is 11.3 Å². The summed E-state index contributed by atoms with van der Waals surface area (Å²) in [6.45, 7) is 3.56. The van der Waals surface area contributed by atoms with Crippen LogP contribution < -0.4 is 10.6 Å². The number of hydrogen-bond donors (Lipinski definition) is 2. The third-order valence-electron chi connectivity index (χ3n) is 3.64. The van der Waals surface area contributed by atoms with Gasteiger partial charge in [-0.05, 0) is 31.0 Å². The van der Waals surface area contributed by atoms with Gasteiger partial charge in [-0.3, -0.25) is 4.99 Å². The maximum Gasteiger partial charge on any atom is 0.337 e. The van der Waals surface area contributed by atoms with Crippen molar-refractivity contribution in [1.29, 1.82) is 0 Å². The second-order valence-electron chi connectivity index (χ2n) is 5.47. The van der Waals surface area contributed by atoms with E-state index >= 15 is 0 Å². The average molecular weight is 360 g/mol. The molecule has 0 aliphatic rings. The number of esters is 1. The summed E-state index contributed by atoms with van der Waals surface area (Å²) in [7, 11) is 3.14. The van der Waals surface area contributed by atoms with E-state index in [4.69, 9.17) is 4.74 Å². The zero-order chi connectivity index (χ0) is 18.1. The molecule has 2 N–H and O–H groups in total. The molecule has 134 valence electrons. The lowest BCUT2D eigenvalue weighted by atomic mass is 10.1. The lowest BCUT2D eigenvalue weighted by molar-refractivity contribution is 0.0600. The van der Waals surface area contributed by atoms with Crippen LogP contribution in [0.15, 0.2) is 34.6 Å². The van der Waals surface area contributed by atoms with E-state index in [9.17, 15) is 4.79 Å². The Balaban J connectivity index is 1.70. The Morgan fingerprint density at radius 1 is 1.20 bits per heavy atom. The molecule has 0 fully saturated rings. The van der Waals surface area contributed by atoms with E-state index in [1.807, 2.05) is 19.1 Å². The minimum Gasteiger partial charge on any atom is -0.465 e. The van der Waals surface area contributed by atoms with Gasteiger partial charge in [0, 0.05) is 31.9 Å². The van der Waals surface area contributed by atoms with Crippen LogP contribution in [0.25, 0.3) is 0 Å². The van der Waals surface area contributed by atoms with Gasteiger partial charge >= 0.3 is 5.97 Å². The summed E-state index contributed by atoms with van der Waals surface area (Å²) in [5.74, 6) is 0.461. The number of carbonyl (C=O) groups excluding carboxylic acids is 1. The number of aryl methyl sites for hydroxylation is 1. The molecule has 1 heterocycles. The number of nitrogens with one attached hydrogen (secondary N) is 2. The average Bonchev–Trinajstić information content (AvgIpc) is 3.05. The molecular weight excluding hydrogens is 336 g/mol. The molecule has 0 atom stereocenters. The number of rotatable bonds is 7. The van der Waals surface area contributed by atoms with Gasteiger partial charge < -0.3 is 15.4 Å². The van der Waals surface area contributed by atoms with Gasteiger partial charge in [0.25, 0.3) is 0 Å². The molecule has 7 heteroatoms. The molecule has 0 aliphatic heterocycles. The largest absolute Gasteiger partial charge is 0.465 e. The molecule has 1 aromatic heterocycles. The van der Waals surface area contributed by atoms with Crippen LogP contribution in [0.1, 0.15) is 26.6 Å². The van der Waals surface area contributed by atoms with Gasteiger partial charge in [-0.25, -0.2) is 9.78 Å². The topological polar surface area (TPSA) is 75.6 Å². The van der Waals surface area contributed by atoms with Gasteiger partial charge in [0.2, 0.25) is 0 Å². The van der Waals surface area contributed by atoms with Gasteiger partial charge in [0.15, 0.2) is 5.96 Å². The fraction of sp³-hybridized carbons (Fsp3) is 0.389. The van der Waals surface area contributed by atoms with Crippen molar-refractivity contribution < 1.29 is 9.53 Å². The Morgan fingerprint density at radius 2 is 1.88 bits per heavy atom. The molecule has 0 saturated heterocycles. The Bertz CT molecular complexity index is 710. The fourth-order valence-electron chi connectivity index (χ4n) is 2.30. The number of guanidine groups is 1. The first-order chi connectivity index (χ1) is 12.1. The highest BCUT2D eigenvalue weighted by molar-refractivity contribution is 7.09. The number of methoxy groups -OCH3 is 1. The molecule has 0 bridgehead atoms. The quantitative estimate of drug-likeness (QED) is 0.450. The zero-order valence-electron chi connectivity index (χ0n) is 14.8. The molecule has 1 aromatic carbocycles. The number of aromatic nitrogens is 1. The van der Waals surface area contributed by atoms with Crippen molar-refractivity contribution in [2.75, 3.05) is 27.2 Å². The fourth-order valence-corrected chi connectivity index (χ4v) is 2.95. The molecule has 6 nitrogen and oxygen atoms in total. The van der Waals surface area contributed by atoms with Gasteiger partial charge in [-0.2, -0.15) is 0 Å². The van der Waals surface area contributed by atoms with Crippen molar-refractivity contribution in [2.45, 2.75) is 19.8 Å². The van der Waals surface area contributed by atoms with Crippen LogP contribution in [0.2, 0.25) is 0 Å². The first-order valence-corrected chi connectivity index (χ1v) is 9.03. The van der Waals surface area contributed by atoms with Crippen molar-refractivity contribution in [2.24, 2.45) is 4.99 Å². The number of benzene rings is 1. The third-order valence-corrected chi connectivity index (χ3v) is 4.47. The normalized spacial score (nSPS) is 11.2. The number of hydrogen-bond acceptors (Lipinski definition) is 5. The summed E-state index contributed by atoms with van der Waals surface area (Å²) in [6, 6.07) is 7.44. The van der Waals surface area contributed by atoms with E-state index in [2.05, 4.69) is 26.0 Å². The first-order valence-electron chi connectivity index (χ1n) is 8.15. The SMILES string of the molecule is CN=C(NCCc1ccc(C(=O)OC)cc1)NCCc1csc(C)n1. The number of carbonyl (C=O) groups is 1. The van der Waals surface area contributed by atoms with Crippen LogP contribution in [0.4, 0.5) is 0 Å². The van der Waals surface area contributed by atoms with E-state index < -0.39 is 0 Å². The minimum absolute atomic E-state index is 0.315. The summed E-state index contributed by atoms with van der Waals surface area (Å²) < 4.78 is 4.69. The highest BCUT2D eigenvalue weighted by Crippen LogP contribution is 2.08. The van der Waals surface area contributed by atoms with Crippen molar-refractivity contribution in [3.63, 3.8) is 0 Å². The van der Waals surface area contributed by atoms with E-state index in [1.54, 1.807) is 30.5 Å². The minimum atomic E-state index is -0.315. The van der Waals surface area contributed by atoms with Crippen molar-refractivity contribution in [3.05, 3.63) is 51.5 Å². The first kappa shape index (κ1) is 18.9. The van der Waals surface area contributed by atoms with Gasteiger partial charge in [0.1, 0.15) is 0 Å². The van der Waals surface area contributed by atoms with E-state index in [-0.39, 0.29) is 5.97 Å². The van der Waals surface area contributed by atoms with Crippen LogP contribution in [0.5, 0.6) is 0 Å². The van der Waals surface area contributed by atoms with Crippen LogP contribution in [-0.4, -0.2) is 44.2 Å². The molecule has 0 amide bonds. The maximum absolute atomic E-state index is 11.4. The van der Waals surface area contributed by atoms with E-state index in [1.165, 1.54) is 7.11 Å². The van der Waals surface area contributed by atoms with Crippen LogP contribution in [-0.2, 0) is 17.6 Å². The summed E-state index contributed by atoms with van der Waals surface area (Å²) in [5.41, 5.74) is 2.82. The van der Waals surface area contributed by atoms with Crippen LogP contribution in [0, 0.1) is 6.92 Å². The molecule has 0 aliphatic carbocycles. The van der Waals surface area contributed by atoms with Crippen molar-refractivity contribution >= 4 is 23.3 Å².